The number of imide groups is 1. The number of primary amides is 2. The SMILES string of the molecule is CC[C@H](C)[C@@H]1NC(=O)CNC(=O)[C@@H]2Cc3c([nH]c4cc(OC)ccc34)[S+]([O-])C[C@H](NC(=O)CNC1=O)C(=O)N[C@@H](CC(N)=O)C(=O)N1C[C@H](OC(=O)N(C)CCN(C)C(=O)OCc3ccc(NC(=O)[C@H](CCCNC(N)=O)NC(=O)[C@@H](NC(=O)CCCCCN4C(=O)C=CC4=O)C(C)C)cc3)CC1C(=O)N[C@@H]([C@@H](C)[C@@H]1COC(=O)O1)C(=O)N2. The molecule has 2 fully saturated rings. The smallest absolute Gasteiger partial charge is 0.508 e. The molecule has 2 unspecified atom stereocenters. The van der Waals surface area contributed by atoms with Gasteiger partial charge >= 0.3 is 24.4 Å². The van der Waals surface area contributed by atoms with Crippen LogP contribution in [-0.4, -0.2) is 276 Å². The predicted molar refractivity (Wildman–Crippen MR) is 415 cm³/mol. The molecule has 0 saturated carbocycles. The lowest BCUT2D eigenvalue weighted by Crippen LogP contribution is -2.62. The zero-order chi connectivity index (χ0) is 86.4. The Bertz CT molecular complexity index is 4300. The van der Waals surface area contributed by atoms with Gasteiger partial charge in [-0.2, -0.15) is 0 Å². The summed E-state index contributed by atoms with van der Waals surface area (Å²) in [6.07, 6.45) is -3.49. The number of methoxy groups -OCH3 is 1. The minimum Gasteiger partial charge on any atom is -0.610 e. The number of rotatable bonds is 29. The average molecular weight is 1670 g/mol. The van der Waals surface area contributed by atoms with Gasteiger partial charge in [-0.05, 0) is 67.3 Å². The van der Waals surface area contributed by atoms with Gasteiger partial charge in [0.05, 0.1) is 38.7 Å². The number of carbonyl (C=O) groups is 18. The number of nitrogens with one attached hydrogen (secondary N) is 12. The standard InChI is InChI=1S/C75H102N18O24S/c1-9-39(4)61-67(104)80-32-56(96)82-51-37-118(112)70-46(45-21-20-43(113-8)28-48(45)86-70)30-49(63(100)79-33-57(97)88-61)84-69(106)62(40(5)53-36-115-75(111)117-53)89-66(103)52-29-44(34-93(52)71(107)50(31-54(76)94)85-65(51)102)116-74(110)91(7)27-26-90(6)73(109)114-35-41-16-18-42(19-17-41)81-64(101)47(14-13-24-78-72(77)108)83-68(105)60(38(2)3)87-55(95)15-11-10-12-25-92-58(98)22-23-59(92)99/h16-23,28,38-40,44,47,49-53,60-62,86H,9-15,24-27,29-37H2,1-8H3,(H2,76,94)(H,79,100)(H,80,104)(H,81,101)(H,82,96)(H,83,105)(H,84,106)(H,85,102)(H,87,95)(H,88,97)(H,89,103)(H3,77,78,108)/t39-,40-,44+,47-,49-,50-,51-,52?,53-,60-,61-,62-,118?/m0/s1. The molecule has 0 aliphatic carbocycles. The summed E-state index contributed by atoms with van der Waals surface area (Å²) in [5.41, 5.74) is 12.0. The number of nitrogens with two attached hydrogens (primary N) is 2. The van der Waals surface area contributed by atoms with E-state index in [9.17, 15) is 71.9 Å². The van der Waals surface area contributed by atoms with Gasteiger partial charge in [-0.25, -0.2) is 19.2 Å². The van der Waals surface area contributed by atoms with E-state index in [0.29, 0.717) is 42.4 Å². The quantitative estimate of drug-likeness (QED) is 0.0111. The molecule has 1 aromatic heterocycles. The summed E-state index contributed by atoms with van der Waals surface area (Å²) in [5, 5.41) is 28.3. The Balaban J connectivity index is 0.964. The number of cyclic esters (lactones) is 2. The second-order valence-corrected chi connectivity index (χ2v) is 30.9. The van der Waals surface area contributed by atoms with Crippen LogP contribution in [0.1, 0.15) is 104 Å². The first-order valence-corrected chi connectivity index (χ1v) is 39.7. The summed E-state index contributed by atoms with van der Waals surface area (Å²) >= 11 is -2.46. The van der Waals surface area contributed by atoms with Crippen molar-refractivity contribution < 1.29 is 115 Å². The molecular weight excluding hydrogens is 1570 g/mol. The number of urea groups is 1. The highest BCUT2D eigenvalue weighted by Crippen LogP contribution is 2.33. The first kappa shape index (κ1) is 91.2. The second kappa shape index (κ2) is 42.5. The molecule has 16 N–H and O–H groups in total. The number of anilines is 1. The van der Waals surface area contributed by atoms with E-state index in [-0.39, 0.29) is 73.8 Å². The Hall–Kier alpha value is -12.3. The lowest BCUT2D eigenvalue weighted by Gasteiger charge is -2.32. The molecule has 2 aromatic carbocycles. The molecule has 0 spiro atoms. The van der Waals surface area contributed by atoms with Crippen LogP contribution < -0.4 is 74.7 Å². The lowest BCUT2D eigenvalue weighted by molar-refractivity contribution is -0.144. The summed E-state index contributed by atoms with van der Waals surface area (Å²) in [7, 11) is 4.04. The first-order chi connectivity index (χ1) is 56.0. The molecule has 42 nitrogen and oxygen atoms in total. The van der Waals surface area contributed by atoms with Crippen molar-refractivity contribution in [1.82, 2.24) is 77.8 Å². The highest BCUT2D eigenvalue weighted by Gasteiger charge is 2.48. The van der Waals surface area contributed by atoms with Crippen molar-refractivity contribution >= 4 is 135 Å². The number of aromatic amines is 1. The van der Waals surface area contributed by atoms with Crippen LogP contribution in [0.2, 0.25) is 0 Å². The Morgan fingerprint density at radius 1 is 0.737 bits per heavy atom. The van der Waals surface area contributed by atoms with Crippen LogP contribution in [0, 0.1) is 17.8 Å². The van der Waals surface area contributed by atoms with Crippen molar-refractivity contribution in [3.63, 3.8) is 0 Å². The minimum atomic E-state index is -2.46. The normalized spacial score (nSPS) is 22.5. The molecule has 0 radical (unpaired) electrons. The van der Waals surface area contributed by atoms with Crippen LogP contribution in [-0.2, 0) is 110 Å². The highest BCUT2D eigenvalue weighted by molar-refractivity contribution is 7.91. The number of ether oxygens (including phenoxy) is 5. The van der Waals surface area contributed by atoms with Crippen molar-refractivity contribution in [2.24, 2.45) is 29.2 Å². The van der Waals surface area contributed by atoms with Crippen molar-refractivity contribution in [3.8, 4) is 5.75 Å². The molecular formula is C75H102N18O24S. The van der Waals surface area contributed by atoms with Crippen molar-refractivity contribution in [3.05, 3.63) is 65.7 Å². The third-order valence-electron chi connectivity index (χ3n) is 20.4. The molecule has 5 aliphatic heterocycles. The average Bonchev–Trinajstić information content (AvgIpc) is 1.62. The third-order valence-corrected chi connectivity index (χ3v) is 21.9. The van der Waals surface area contributed by atoms with Gasteiger partial charge in [-0.15, -0.1) is 0 Å². The summed E-state index contributed by atoms with van der Waals surface area (Å²) < 4.78 is 42.5. The lowest BCUT2D eigenvalue weighted by atomic mass is 9.93. The Morgan fingerprint density at radius 2 is 1.42 bits per heavy atom. The van der Waals surface area contributed by atoms with Gasteiger partial charge in [0.25, 0.3) is 11.8 Å². The fourth-order valence-electron chi connectivity index (χ4n) is 13.4. The molecule has 2 bridgehead atoms. The number of unbranched alkanes of at least 4 members (excludes halogenated alkanes) is 2. The summed E-state index contributed by atoms with van der Waals surface area (Å²) in [5.74, 6) is -15.1. The van der Waals surface area contributed by atoms with Gasteiger partial charge in [0.1, 0.15) is 79.2 Å². The number of likely N-dealkylation sites (N-methyl/N-ethyl adjacent to an activating group) is 2. The summed E-state index contributed by atoms with van der Waals surface area (Å²) in [4.78, 5) is 253. The van der Waals surface area contributed by atoms with Crippen molar-refractivity contribution in [1.29, 1.82) is 0 Å². The van der Waals surface area contributed by atoms with Gasteiger partial charge < -0.3 is 118 Å². The maximum Gasteiger partial charge on any atom is 0.508 e. The van der Waals surface area contributed by atoms with E-state index in [2.05, 4.69) is 63.5 Å². The fraction of sp³-hybridized carbons (Fsp3) is 0.547. The molecule has 2 saturated heterocycles. The van der Waals surface area contributed by atoms with Crippen molar-refractivity contribution in [2.75, 3.05) is 84.7 Å². The second-order valence-electron chi connectivity index (χ2n) is 29.5. The van der Waals surface area contributed by atoms with Crippen LogP contribution in [0.15, 0.2) is 59.6 Å². The Morgan fingerprint density at radius 3 is 2.06 bits per heavy atom. The Labute approximate surface area is 680 Å². The largest absolute Gasteiger partial charge is 0.610 e. The molecule has 13 atom stereocenters. The number of aromatic nitrogens is 1. The van der Waals surface area contributed by atoms with E-state index in [0.717, 1.165) is 19.6 Å². The molecule has 118 heavy (non-hydrogen) atoms. The zero-order valence-electron chi connectivity index (χ0n) is 66.5. The number of fused-ring (bicyclic) bond motifs is 5. The highest BCUT2D eigenvalue weighted by atomic mass is 32.2. The molecule has 5 aliphatic rings. The van der Waals surface area contributed by atoms with E-state index < -0.39 is 248 Å². The van der Waals surface area contributed by atoms with Crippen LogP contribution in [0.5, 0.6) is 5.75 Å². The van der Waals surface area contributed by atoms with Crippen LogP contribution in [0.4, 0.5) is 24.9 Å². The Kier molecular flexibility index (Phi) is 32.9. The van der Waals surface area contributed by atoms with E-state index in [1.54, 1.807) is 45.9 Å². The van der Waals surface area contributed by atoms with E-state index in [4.69, 9.17) is 35.2 Å². The number of benzene rings is 2. The van der Waals surface area contributed by atoms with Gasteiger partial charge in [0, 0.05) is 111 Å². The molecule has 18 amide bonds. The number of hydrogen-bond donors (Lipinski definition) is 14. The number of amides is 18. The van der Waals surface area contributed by atoms with E-state index >= 15 is 18.9 Å². The number of nitrogens with zero attached hydrogens (tertiary/aromatic N) is 4. The van der Waals surface area contributed by atoms with E-state index in [1.165, 1.54) is 64.5 Å². The number of carbonyl (C=O) groups excluding carboxylic acids is 18. The fourth-order valence-corrected chi connectivity index (χ4v) is 14.8. The topological polar surface area (TPSA) is 590 Å². The zero-order valence-corrected chi connectivity index (χ0v) is 67.3. The molecule has 43 heteroatoms. The summed E-state index contributed by atoms with van der Waals surface area (Å²) in [6.45, 7) is 4.98. The van der Waals surface area contributed by atoms with E-state index in [1.807, 2.05) is 0 Å². The summed E-state index contributed by atoms with van der Waals surface area (Å²) in [6, 6.07) is -2.98. The van der Waals surface area contributed by atoms with Gasteiger partial charge in [0.15, 0.2) is 6.04 Å². The predicted octanol–water partition coefficient (Wildman–Crippen LogP) is -2.59. The minimum absolute atomic E-state index is 0.0284. The number of hydrogen-bond acceptors (Lipinski definition) is 24. The molecule has 642 valence electrons. The van der Waals surface area contributed by atoms with Gasteiger partial charge in [-0.3, -0.25) is 72.0 Å². The molecule has 8 rings (SSSR count). The third kappa shape index (κ3) is 25.3. The monoisotopic (exact) mass is 1670 g/mol. The van der Waals surface area contributed by atoms with Gasteiger partial charge in [-0.1, -0.05) is 59.6 Å². The molecule has 6 heterocycles. The maximum atomic E-state index is 15.3. The molecule has 3 aromatic rings. The van der Waals surface area contributed by atoms with Crippen molar-refractivity contribution in [2.45, 2.75) is 171 Å². The maximum absolute atomic E-state index is 15.3. The van der Waals surface area contributed by atoms with Crippen LogP contribution in [0.3, 0.4) is 0 Å². The first-order valence-electron chi connectivity index (χ1n) is 38.4. The number of H-pyrrole nitrogens is 1. The van der Waals surface area contributed by atoms with Crippen LogP contribution >= 0.6 is 0 Å². The van der Waals surface area contributed by atoms with Gasteiger partial charge in [0.2, 0.25) is 75.9 Å². The van der Waals surface area contributed by atoms with Crippen LogP contribution in [0.25, 0.3) is 10.9 Å².